The molecule has 0 N–H and O–H groups in total. The first-order valence-electron chi connectivity index (χ1n) is 11.1. The second-order valence-corrected chi connectivity index (χ2v) is 10.2. The largest absolute Gasteiger partial charge is 0.317 e. The van der Waals surface area contributed by atoms with Crippen LogP contribution in [0.2, 0.25) is 0 Å². The smallest absolute Gasteiger partial charge is 0.293 e. The lowest BCUT2D eigenvalue weighted by Gasteiger charge is -2.14. The summed E-state index contributed by atoms with van der Waals surface area (Å²) in [6.07, 6.45) is 1.75. The average molecular weight is 545 g/mol. The number of rotatable bonds is 5. The SMILES string of the molecule is Cc1cc(/C=C2\SC(=O)N(CC(=O)c3ccccc3)C2=O)c(C)n1-c1ccc(Br)c2ccccc12. The van der Waals surface area contributed by atoms with Crippen molar-refractivity contribution in [2.75, 3.05) is 6.54 Å². The van der Waals surface area contributed by atoms with E-state index in [-0.39, 0.29) is 12.3 Å². The minimum atomic E-state index is -0.442. The van der Waals surface area contributed by atoms with Gasteiger partial charge in [-0.25, -0.2) is 0 Å². The molecule has 0 spiro atoms. The van der Waals surface area contributed by atoms with Crippen LogP contribution in [0.25, 0.3) is 22.5 Å². The molecule has 174 valence electrons. The van der Waals surface area contributed by atoms with Gasteiger partial charge in [-0.15, -0.1) is 0 Å². The van der Waals surface area contributed by atoms with Gasteiger partial charge in [-0.2, -0.15) is 0 Å². The fourth-order valence-corrected chi connectivity index (χ4v) is 5.69. The van der Waals surface area contributed by atoms with Gasteiger partial charge in [0.05, 0.1) is 17.1 Å². The maximum Gasteiger partial charge on any atom is 0.293 e. The summed E-state index contributed by atoms with van der Waals surface area (Å²) in [6.45, 7) is 3.75. The van der Waals surface area contributed by atoms with E-state index < -0.39 is 11.1 Å². The molecule has 0 unspecified atom stereocenters. The van der Waals surface area contributed by atoms with Crippen molar-refractivity contribution >= 4 is 61.5 Å². The number of hydrogen-bond acceptors (Lipinski definition) is 4. The molecule has 5 rings (SSSR count). The van der Waals surface area contributed by atoms with Crippen LogP contribution in [0.3, 0.4) is 0 Å². The van der Waals surface area contributed by atoms with Crippen LogP contribution in [0.1, 0.15) is 27.3 Å². The fourth-order valence-electron chi connectivity index (χ4n) is 4.38. The molecule has 35 heavy (non-hydrogen) atoms. The molecular formula is C28H21BrN2O3S. The number of nitrogens with zero attached hydrogens (tertiary/aromatic N) is 2. The summed E-state index contributed by atoms with van der Waals surface area (Å²) in [5, 5.41) is 1.79. The van der Waals surface area contributed by atoms with Crippen molar-refractivity contribution in [3.05, 3.63) is 105 Å². The van der Waals surface area contributed by atoms with E-state index in [4.69, 9.17) is 0 Å². The fraction of sp³-hybridized carbons (Fsp3) is 0.107. The molecule has 1 aromatic heterocycles. The molecule has 1 aliphatic rings. The van der Waals surface area contributed by atoms with Gasteiger partial charge in [0.2, 0.25) is 0 Å². The predicted molar refractivity (Wildman–Crippen MR) is 144 cm³/mol. The lowest BCUT2D eigenvalue weighted by atomic mass is 10.1. The van der Waals surface area contributed by atoms with Crippen LogP contribution in [0.5, 0.6) is 0 Å². The van der Waals surface area contributed by atoms with Gasteiger partial charge in [-0.1, -0.05) is 70.5 Å². The molecular weight excluding hydrogens is 524 g/mol. The maximum absolute atomic E-state index is 13.0. The number of aryl methyl sites for hydroxylation is 1. The molecule has 1 saturated heterocycles. The Kier molecular flexibility index (Phi) is 6.21. The van der Waals surface area contributed by atoms with Gasteiger partial charge in [-0.05, 0) is 60.8 Å². The van der Waals surface area contributed by atoms with Crippen molar-refractivity contribution in [3.63, 3.8) is 0 Å². The molecule has 1 aliphatic heterocycles. The standard InChI is InChI=1S/C28H21BrN2O3S/c1-17-14-20(18(2)31(17)24-13-12-23(29)21-10-6-7-11-22(21)24)15-26-27(33)30(28(34)35-26)16-25(32)19-8-4-3-5-9-19/h3-15H,16H2,1-2H3/b26-15-. The first-order chi connectivity index (χ1) is 16.8. The maximum atomic E-state index is 13.0. The number of hydrogen-bond donors (Lipinski definition) is 0. The molecule has 2 amide bonds. The lowest BCUT2D eigenvalue weighted by molar-refractivity contribution is -0.122. The van der Waals surface area contributed by atoms with E-state index in [1.807, 2.05) is 44.2 Å². The Bertz CT molecular complexity index is 1540. The number of thioether (sulfide) groups is 1. The molecule has 7 heteroatoms. The molecule has 0 atom stereocenters. The highest BCUT2D eigenvalue weighted by atomic mass is 79.9. The van der Waals surface area contributed by atoms with Crippen molar-refractivity contribution in [1.82, 2.24) is 9.47 Å². The molecule has 1 fully saturated rings. The highest BCUT2D eigenvalue weighted by molar-refractivity contribution is 9.10. The van der Waals surface area contributed by atoms with Gasteiger partial charge < -0.3 is 4.57 Å². The van der Waals surface area contributed by atoms with E-state index in [0.29, 0.717) is 10.5 Å². The molecule has 2 heterocycles. The van der Waals surface area contributed by atoms with E-state index in [1.54, 1.807) is 30.3 Å². The normalized spacial score (nSPS) is 14.9. The van der Waals surface area contributed by atoms with Crippen molar-refractivity contribution in [2.45, 2.75) is 13.8 Å². The molecule has 0 aliphatic carbocycles. The van der Waals surface area contributed by atoms with Gasteiger partial charge in [0.15, 0.2) is 5.78 Å². The first kappa shape index (κ1) is 23.3. The Morgan fingerprint density at radius 2 is 1.63 bits per heavy atom. The highest BCUT2D eigenvalue weighted by Crippen LogP contribution is 2.35. The van der Waals surface area contributed by atoms with Crippen molar-refractivity contribution in [3.8, 4) is 5.69 Å². The molecule has 5 nitrogen and oxygen atoms in total. The third-order valence-corrected chi connectivity index (χ3v) is 7.72. The summed E-state index contributed by atoms with van der Waals surface area (Å²) in [4.78, 5) is 39.5. The Morgan fingerprint density at radius 3 is 2.37 bits per heavy atom. The number of imide groups is 1. The van der Waals surface area contributed by atoms with Gasteiger partial charge >= 0.3 is 0 Å². The summed E-state index contributed by atoms with van der Waals surface area (Å²) in [7, 11) is 0. The zero-order valence-electron chi connectivity index (χ0n) is 19.1. The third-order valence-electron chi connectivity index (χ3n) is 6.12. The Labute approximate surface area is 215 Å². The summed E-state index contributed by atoms with van der Waals surface area (Å²) < 4.78 is 3.18. The van der Waals surface area contributed by atoms with Crippen molar-refractivity contribution < 1.29 is 14.4 Å². The predicted octanol–water partition coefficient (Wildman–Crippen LogP) is 6.93. The van der Waals surface area contributed by atoms with Crippen LogP contribution in [0.4, 0.5) is 4.79 Å². The molecule has 3 aromatic carbocycles. The van der Waals surface area contributed by atoms with Gasteiger partial charge in [-0.3, -0.25) is 19.3 Å². The zero-order valence-corrected chi connectivity index (χ0v) is 21.5. The molecule has 0 radical (unpaired) electrons. The van der Waals surface area contributed by atoms with Crippen LogP contribution in [0, 0.1) is 13.8 Å². The van der Waals surface area contributed by atoms with Crippen LogP contribution >= 0.6 is 27.7 Å². The number of aromatic nitrogens is 1. The number of carbonyl (C=O) groups is 3. The summed E-state index contributed by atoms with van der Waals surface area (Å²) >= 11 is 4.50. The van der Waals surface area contributed by atoms with E-state index in [1.165, 1.54) is 0 Å². The molecule has 0 bridgehead atoms. The van der Waals surface area contributed by atoms with Crippen molar-refractivity contribution in [1.29, 1.82) is 0 Å². The first-order valence-corrected chi connectivity index (χ1v) is 12.7. The van der Waals surface area contributed by atoms with E-state index in [9.17, 15) is 14.4 Å². The lowest BCUT2D eigenvalue weighted by Crippen LogP contribution is -2.33. The highest BCUT2D eigenvalue weighted by Gasteiger charge is 2.36. The van der Waals surface area contributed by atoms with Gasteiger partial charge in [0.25, 0.3) is 11.1 Å². The Hall–Kier alpha value is -3.42. The summed E-state index contributed by atoms with van der Waals surface area (Å²) in [6, 6.07) is 23.0. The van der Waals surface area contributed by atoms with Crippen molar-refractivity contribution in [2.24, 2.45) is 0 Å². The zero-order chi connectivity index (χ0) is 24.7. The topological polar surface area (TPSA) is 59.4 Å². The second-order valence-electron chi connectivity index (χ2n) is 8.33. The number of benzene rings is 3. The number of ketones is 1. The van der Waals surface area contributed by atoms with Crippen LogP contribution in [-0.2, 0) is 4.79 Å². The number of halogens is 1. The van der Waals surface area contributed by atoms with E-state index >= 15 is 0 Å². The van der Waals surface area contributed by atoms with Crippen LogP contribution in [0.15, 0.2) is 82.2 Å². The van der Waals surface area contributed by atoms with Gasteiger partial charge in [0.1, 0.15) is 0 Å². The Balaban J connectivity index is 1.47. The third kappa shape index (κ3) is 4.26. The number of fused-ring (bicyclic) bond motifs is 1. The monoisotopic (exact) mass is 544 g/mol. The number of amides is 2. The minimum Gasteiger partial charge on any atom is -0.317 e. The van der Waals surface area contributed by atoms with E-state index in [0.717, 1.165) is 54.5 Å². The van der Waals surface area contributed by atoms with Crippen LogP contribution in [-0.4, -0.2) is 32.9 Å². The van der Waals surface area contributed by atoms with Crippen LogP contribution < -0.4 is 0 Å². The second kappa shape index (κ2) is 9.32. The van der Waals surface area contributed by atoms with Gasteiger partial charge in [0, 0.05) is 26.8 Å². The molecule has 0 saturated carbocycles. The Morgan fingerprint density at radius 1 is 0.943 bits per heavy atom. The number of Topliss-reactive ketones (excluding diaryl/α,β-unsaturated/α-hetero) is 1. The average Bonchev–Trinajstić information content (AvgIpc) is 3.29. The number of carbonyl (C=O) groups excluding carboxylic acids is 3. The summed E-state index contributed by atoms with van der Waals surface area (Å²) in [5.74, 6) is -0.711. The summed E-state index contributed by atoms with van der Waals surface area (Å²) in [5.41, 5.74) is 4.34. The minimum absolute atomic E-state index is 0.268. The quantitative estimate of drug-likeness (QED) is 0.202. The molecule has 4 aromatic rings. The van der Waals surface area contributed by atoms with E-state index in [2.05, 4.69) is 38.7 Å².